The number of hydrogen-bond acceptors (Lipinski definition) is 3. The molecule has 120 valence electrons. The monoisotopic (exact) mass is 314 g/mol. The van der Waals surface area contributed by atoms with Gasteiger partial charge in [0.25, 0.3) is 0 Å². The fourth-order valence-corrected chi connectivity index (χ4v) is 2.83. The minimum Gasteiger partial charge on any atom is -0.496 e. The summed E-state index contributed by atoms with van der Waals surface area (Å²) < 4.78 is 5.39. The molecule has 1 aliphatic carbocycles. The van der Waals surface area contributed by atoms with E-state index in [0.717, 1.165) is 0 Å². The predicted molar refractivity (Wildman–Crippen MR) is 86.5 cm³/mol. The molecular formula is C18H18O5. The SMILES string of the molecule is C=Cc1cccc(C2(C(=O)O)C=CC(C)=C(C(=O)O)C2)c1OC. The molecule has 23 heavy (non-hydrogen) atoms. The van der Waals surface area contributed by atoms with E-state index in [0.29, 0.717) is 22.4 Å². The number of rotatable bonds is 5. The molecule has 2 rings (SSSR count). The molecule has 0 fully saturated rings. The zero-order chi connectivity index (χ0) is 17.2. The lowest BCUT2D eigenvalue weighted by Gasteiger charge is -2.32. The molecule has 1 atom stereocenters. The number of methoxy groups -OCH3 is 1. The van der Waals surface area contributed by atoms with Crippen LogP contribution >= 0.6 is 0 Å². The first-order chi connectivity index (χ1) is 10.9. The van der Waals surface area contributed by atoms with E-state index < -0.39 is 17.4 Å². The Morgan fingerprint density at radius 2 is 2.04 bits per heavy atom. The van der Waals surface area contributed by atoms with E-state index in [1.165, 1.54) is 13.2 Å². The van der Waals surface area contributed by atoms with Crippen molar-refractivity contribution in [2.75, 3.05) is 7.11 Å². The highest BCUT2D eigenvalue weighted by atomic mass is 16.5. The van der Waals surface area contributed by atoms with Crippen molar-refractivity contribution in [1.82, 2.24) is 0 Å². The molecule has 1 aromatic carbocycles. The highest BCUT2D eigenvalue weighted by Crippen LogP contribution is 2.43. The maximum absolute atomic E-state index is 12.1. The van der Waals surface area contributed by atoms with E-state index in [-0.39, 0.29) is 12.0 Å². The van der Waals surface area contributed by atoms with E-state index in [1.54, 1.807) is 37.3 Å². The molecule has 1 aliphatic rings. The maximum atomic E-state index is 12.1. The van der Waals surface area contributed by atoms with Crippen LogP contribution in [0.1, 0.15) is 24.5 Å². The normalized spacial score (nSPS) is 20.3. The topological polar surface area (TPSA) is 83.8 Å². The van der Waals surface area contributed by atoms with Crippen LogP contribution in [0.25, 0.3) is 6.08 Å². The Kier molecular flexibility index (Phi) is 4.40. The molecule has 0 saturated carbocycles. The van der Waals surface area contributed by atoms with Gasteiger partial charge < -0.3 is 14.9 Å². The smallest absolute Gasteiger partial charge is 0.331 e. The molecule has 5 heteroatoms. The van der Waals surface area contributed by atoms with Gasteiger partial charge in [-0.15, -0.1) is 0 Å². The number of para-hydroxylation sites is 1. The van der Waals surface area contributed by atoms with Crippen LogP contribution < -0.4 is 4.74 Å². The van der Waals surface area contributed by atoms with E-state index in [1.807, 2.05) is 0 Å². The van der Waals surface area contributed by atoms with E-state index in [4.69, 9.17) is 4.74 Å². The van der Waals surface area contributed by atoms with Gasteiger partial charge in [-0.1, -0.05) is 43.0 Å². The third kappa shape index (κ3) is 2.65. The van der Waals surface area contributed by atoms with Crippen LogP contribution in [0.2, 0.25) is 0 Å². The van der Waals surface area contributed by atoms with Gasteiger partial charge >= 0.3 is 11.9 Å². The Morgan fingerprint density at radius 1 is 1.35 bits per heavy atom. The third-order valence-electron chi connectivity index (χ3n) is 4.14. The zero-order valence-electron chi connectivity index (χ0n) is 13.0. The number of aliphatic carboxylic acids is 2. The highest BCUT2D eigenvalue weighted by molar-refractivity contribution is 5.94. The molecule has 2 N–H and O–H groups in total. The van der Waals surface area contributed by atoms with Gasteiger partial charge in [0, 0.05) is 23.1 Å². The Labute approximate surface area is 134 Å². The van der Waals surface area contributed by atoms with Gasteiger partial charge in [0.05, 0.1) is 7.11 Å². The first-order valence-corrected chi connectivity index (χ1v) is 7.03. The van der Waals surface area contributed by atoms with Crippen molar-refractivity contribution in [3.8, 4) is 5.75 Å². The summed E-state index contributed by atoms with van der Waals surface area (Å²) in [5, 5.41) is 19.2. The minimum absolute atomic E-state index is 0.0842. The van der Waals surface area contributed by atoms with Gasteiger partial charge in [0.15, 0.2) is 0 Å². The summed E-state index contributed by atoms with van der Waals surface area (Å²) in [5.74, 6) is -1.85. The van der Waals surface area contributed by atoms with Crippen LogP contribution in [0.15, 0.2) is 48.1 Å². The molecule has 0 heterocycles. The molecule has 5 nitrogen and oxygen atoms in total. The van der Waals surface area contributed by atoms with Gasteiger partial charge in [0.1, 0.15) is 11.2 Å². The second-order valence-electron chi connectivity index (χ2n) is 5.39. The molecule has 0 radical (unpaired) electrons. The number of ether oxygens (including phenoxy) is 1. The van der Waals surface area contributed by atoms with Gasteiger partial charge in [0.2, 0.25) is 0 Å². The molecule has 0 aliphatic heterocycles. The lowest BCUT2D eigenvalue weighted by molar-refractivity contribution is -0.142. The summed E-state index contributed by atoms with van der Waals surface area (Å²) in [6.45, 7) is 5.36. The summed E-state index contributed by atoms with van der Waals surface area (Å²) in [6.07, 6.45) is 4.50. The van der Waals surface area contributed by atoms with Crippen molar-refractivity contribution in [3.63, 3.8) is 0 Å². The van der Waals surface area contributed by atoms with Crippen molar-refractivity contribution in [2.24, 2.45) is 0 Å². The summed E-state index contributed by atoms with van der Waals surface area (Å²) in [4.78, 5) is 23.5. The lowest BCUT2D eigenvalue weighted by atomic mass is 9.71. The molecule has 0 saturated heterocycles. The molecule has 1 unspecified atom stereocenters. The number of benzene rings is 1. The minimum atomic E-state index is -1.49. The quantitative estimate of drug-likeness (QED) is 0.873. The molecule has 0 bridgehead atoms. The van der Waals surface area contributed by atoms with Gasteiger partial charge in [-0.2, -0.15) is 0 Å². The third-order valence-corrected chi connectivity index (χ3v) is 4.14. The molecule has 0 spiro atoms. The molecule has 0 aromatic heterocycles. The number of allylic oxidation sites excluding steroid dienone is 2. The Balaban J connectivity index is 2.72. The van der Waals surface area contributed by atoms with Gasteiger partial charge in [-0.05, 0) is 12.5 Å². The average molecular weight is 314 g/mol. The van der Waals surface area contributed by atoms with Crippen molar-refractivity contribution in [2.45, 2.75) is 18.8 Å². The number of carbonyl (C=O) groups is 2. The van der Waals surface area contributed by atoms with Crippen LogP contribution in [0, 0.1) is 0 Å². The largest absolute Gasteiger partial charge is 0.496 e. The Bertz CT molecular complexity index is 742. The Hall–Kier alpha value is -2.82. The van der Waals surface area contributed by atoms with Crippen molar-refractivity contribution in [1.29, 1.82) is 0 Å². The van der Waals surface area contributed by atoms with Crippen LogP contribution in [-0.4, -0.2) is 29.3 Å². The standard InChI is InChI=1S/C18H18O5/c1-4-12-6-5-7-14(15(12)23-3)18(17(21)22)9-8-11(2)13(10-18)16(19)20/h4-9H,1,10H2,2-3H3,(H,19,20)(H,21,22). The van der Waals surface area contributed by atoms with Gasteiger partial charge in [-0.25, -0.2) is 4.79 Å². The van der Waals surface area contributed by atoms with Gasteiger partial charge in [-0.3, -0.25) is 4.79 Å². The second-order valence-corrected chi connectivity index (χ2v) is 5.39. The maximum Gasteiger partial charge on any atom is 0.331 e. The molecular weight excluding hydrogens is 296 g/mol. The molecule has 1 aromatic rings. The van der Waals surface area contributed by atoms with Crippen LogP contribution in [0.3, 0.4) is 0 Å². The average Bonchev–Trinajstić information content (AvgIpc) is 2.54. The zero-order valence-corrected chi connectivity index (χ0v) is 13.0. The first kappa shape index (κ1) is 16.5. The summed E-state index contributed by atoms with van der Waals surface area (Å²) >= 11 is 0. The van der Waals surface area contributed by atoms with Crippen LogP contribution in [0.4, 0.5) is 0 Å². The molecule has 0 amide bonds. The van der Waals surface area contributed by atoms with Crippen molar-refractivity contribution in [3.05, 3.63) is 59.2 Å². The highest BCUT2D eigenvalue weighted by Gasteiger charge is 2.44. The summed E-state index contributed by atoms with van der Waals surface area (Å²) in [7, 11) is 1.45. The number of carboxylic acid groups (broad SMARTS) is 2. The predicted octanol–water partition coefficient (Wildman–Crippen LogP) is 3.02. The Morgan fingerprint density at radius 3 is 2.57 bits per heavy atom. The fraction of sp³-hybridized carbons (Fsp3) is 0.222. The van der Waals surface area contributed by atoms with Crippen molar-refractivity contribution < 1.29 is 24.5 Å². The lowest BCUT2D eigenvalue weighted by Crippen LogP contribution is -2.37. The number of hydrogen-bond donors (Lipinski definition) is 2. The summed E-state index contributed by atoms with van der Waals surface area (Å²) in [6, 6.07) is 5.11. The first-order valence-electron chi connectivity index (χ1n) is 7.03. The second kappa shape index (κ2) is 6.12. The van der Waals surface area contributed by atoms with Crippen molar-refractivity contribution >= 4 is 18.0 Å². The van der Waals surface area contributed by atoms with E-state index in [9.17, 15) is 19.8 Å². The van der Waals surface area contributed by atoms with Crippen LogP contribution in [-0.2, 0) is 15.0 Å². The van der Waals surface area contributed by atoms with E-state index in [2.05, 4.69) is 6.58 Å². The fourth-order valence-electron chi connectivity index (χ4n) is 2.83. The summed E-state index contributed by atoms with van der Waals surface area (Å²) in [5.41, 5.74) is 0.209. The van der Waals surface area contributed by atoms with Crippen LogP contribution in [0.5, 0.6) is 5.75 Å². The number of carboxylic acids is 2. The van der Waals surface area contributed by atoms with E-state index >= 15 is 0 Å².